The lowest BCUT2D eigenvalue weighted by molar-refractivity contribution is -0.125. The summed E-state index contributed by atoms with van der Waals surface area (Å²) >= 11 is 0. The van der Waals surface area contributed by atoms with Crippen LogP contribution in [0.1, 0.15) is 26.2 Å². The van der Waals surface area contributed by atoms with Gasteiger partial charge in [0.2, 0.25) is 21.8 Å². The predicted octanol–water partition coefficient (Wildman–Crippen LogP) is 1.21. The molecule has 2 saturated heterocycles. The predicted molar refractivity (Wildman–Crippen MR) is 98.1 cm³/mol. The van der Waals surface area contributed by atoms with E-state index in [9.17, 15) is 18.0 Å². The fourth-order valence-corrected chi connectivity index (χ4v) is 4.98. The number of carbonyl (C=O) groups is 2. The zero-order valence-corrected chi connectivity index (χ0v) is 16.0. The minimum Gasteiger partial charge on any atom is -0.359 e. The first-order valence-electron chi connectivity index (χ1n) is 8.95. The summed E-state index contributed by atoms with van der Waals surface area (Å²) in [5.74, 6) is -0.0943. The lowest BCUT2D eigenvalue weighted by Crippen LogP contribution is -2.37. The van der Waals surface area contributed by atoms with E-state index in [-0.39, 0.29) is 29.0 Å². The average Bonchev–Trinajstić information content (AvgIpc) is 3.03. The first kappa shape index (κ1) is 18.8. The van der Waals surface area contributed by atoms with Crippen LogP contribution in [0.3, 0.4) is 0 Å². The van der Waals surface area contributed by atoms with Crippen LogP contribution in [0.4, 0.5) is 5.69 Å². The van der Waals surface area contributed by atoms with Crippen LogP contribution in [-0.2, 0) is 19.6 Å². The molecular weight excluding hydrogens is 354 g/mol. The van der Waals surface area contributed by atoms with Gasteiger partial charge in [-0.05, 0) is 43.0 Å². The summed E-state index contributed by atoms with van der Waals surface area (Å²) < 4.78 is 27.1. The number of piperidine rings is 1. The molecule has 26 heavy (non-hydrogen) atoms. The third-order valence-electron chi connectivity index (χ3n) is 5.27. The van der Waals surface area contributed by atoms with Gasteiger partial charge in [0.25, 0.3) is 0 Å². The Hall–Kier alpha value is -1.93. The number of hydrogen-bond donors (Lipinski definition) is 1. The smallest absolute Gasteiger partial charge is 0.243 e. The van der Waals surface area contributed by atoms with Gasteiger partial charge in [0, 0.05) is 38.8 Å². The topological polar surface area (TPSA) is 86.8 Å². The van der Waals surface area contributed by atoms with Crippen molar-refractivity contribution in [2.45, 2.75) is 31.1 Å². The highest BCUT2D eigenvalue weighted by Gasteiger charge is 2.35. The molecule has 1 N–H and O–H groups in total. The molecule has 1 aromatic carbocycles. The summed E-state index contributed by atoms with van der Waals surface area (Å²) in [7, 11) is -1.95. The molecule has 0 aromatic heterocycles. The van der Waals surface area contributed by atoms with E-state index in [0.717, 1.165) is 12.8 Å². The van der Waals surface area contributed by atoms with Crippen molar-refractivity contribution in [3.63, 3.8) is 0 Å². The number of nitrogens with one attached hydrogen (secondary N) is 1. The van der Waals surface area contributed by atoms with E-state index in [1.807, 2.05) is 0 Å². The number of rotatable bonds is 4. The second-order valence-corrected chi connectivity index (χ2v) is 9.04. The van der Waals surface area contributed by atoms with Crippen molar-refractivity contribution < 1.29 is 18.0 Å². The van der Waals surface area contributed by atoms with Crippen molar-refractivity contribution in [2.24, 2.45) is 11.8 Å². The zero-order chi connectivity index (χ0) is 18.9. The van der Waals surface area contributed by atoms with Crippen LogP contribution in [0.2, 0.25) is 0 Å². The minimum absolute atomic E-state index is 0.126. The number of sulfonamides is 1. The highest BCUT2D eigenvalue weighted by molar-refractivity contribution is 7.89. The Balaban J connectivity index is 1.74. The fourth-order valence-electron chi connectivity index (χ4n) is 3.51. The van der Waals surface area contributed by atoms with Crippen LogP contribution in [0, 0.1) is 11.8 Å². The Morgan fingerprint density at radius 1 is 1.15 bits per heavy atom. The number of amides is 2. The molecule has 8 heteroatoms. The molecule has 3 rings (SSSR count). The van der Waals surface area contributed by atoms with Gasteiger partial charge in [-0.1, -0.05) is 6.92 Å². The third kappa shape index (κ3) is 3.61. The van der Waals surface area contributed by atoms with Crippen LogP contribution < -0.4 is 10.2 Å². The van der Waals surface area contributed by atoms with Gasteiger partial charge in [-0.15, -0.1) is 0 Å². The molecule has 0 aliphatic carbocycles. The molecule has 0 bridgehead atoms. The second kappa shape index (κ2) is 7.36. The molecule has 2 aliphatic heterocycles. The number of carbonyl (C=O) groups excluding carboxylic acids is 2. The van der Waals surface area contributed by atoms with Gasteiger partial charge in [-0.25, -0.2) is 8.42 Å². The van der Waals surface area contributed by atoms with E-state index < -0.39 is 10.0 Å². The van der Waals surface area contributed by atoms with E-state index in [1.165, 1.54) is 4.31 Å². The summed E-state index contributed by atoms with van der Waals surface area (Å²) in [6, 6.07) is 6.37. The van der Waals surface area contributed by atoms with Crippen molar-refractivity contribution in [1.82, 2.24) is 9.62 Å². The highest BCUT2D eigenvalue weighted by Crippen LogP contribution is 2.28. The van der Waals surface area contributed by atoms with Crippen LogP contribution in [0.5, 0.6) is 0 Å². The lowest BCUT2D eigenvalue weighted by atomic mass is 10.0. The molecule has 0 spiro atoms. The third-order valence-corrected chi connectivity index (χ3v) is 7.18. The number of benzene rings is 1. The standard InChI is InChI=1S/C18H25N3O4S/c1-13-7-9-20(10-8-13)26(24,25)16-5-3-15(4-6-16)21-12-14(11-17(21)22)18(23)19-2/h3-6,13-14H,7-12H2,1-2H3,(H,19,23)/t14-/m0/s1. The van der Waals surface area contributed by atoms with Crippen molar-refractivity contribution in [2.75, 3.05) is 31.6 Å². The average molecular weight is 379 g/mol. The number of nitrogens with zero attached hydrogens (tertiary/aromatic N) is 2. The van der Waals surface area contributed by atoms with E-state index in [2.05, 4.69) is 12.2 Å². The number of hydrogen-bond acceptors (Lipinski definition) is 4. The first-order chi connectivity index (χ1) is 12.3. The molecule has 1 atom stereocenters. The SMILES string of the molecule is CNC(=O)[C@H]1CC(=O)N(c2ccc(S(=O)(=O)N3CCC(C)CC3)cc2)C1. The van der Waals surface area contributed by atoms with Crippen LogP contribution in [0.15, 0.2) is 29.2 Å². The Bertz CT molecular complexity index is 783. The van der Waals surface area contributed by atoms with E-state index in [0.29, 0.717) is 31.2 Å². The van der Waals surface area contributed by atoms with E-state index >= 15 is 0 Å². The summed E-state index contributed by atoms with van der Waals surface area (Å²) in [5, 5.41) is 2.57. The molecule has 0 unspecified atom stereocenters. The molecule has 1 aromatic rings. The monoisotopic (exact) mass is 379 g/mol. The van der Waals surface area contributed by atoms with Gasteiger partial charge in [-0.2, -0.15) is 4.31 Å². The molecule has 2 fully saturated rings. The molecule has 7 nitrogen and oxygen atoms in total. The summed E-state index contributed by atoms with van der Waals surface area (Å²) in [4.78, 5) is 25.7. The first-order valence-corrected chi connectivity index (χ1v) is 10.4. The summed E-state index contributed by atoms with van der Waals surface area (Å²) in [6.07, 6.45) is 1.92. The summed E-state index contributed by atoms with van der Waals surface area (Å²) in [6.45, 7) is 3.54. The maximum Gasteiger partial charge on any atom is 0.243 e. The molecule has 0 radical (unpaired) electrons. The molecule has 2 amide bonds. The van der Waals surface area contributed by atoms with Gasteiger partial charge in [0.15, 0.2) is 0 Å². The maximum atomic E-state index is 12.8. The van der Waals surface area contributed by atoms with Gasteiger partial charge < -0.3 is 10.2 Å². The Morgan fingerprint density at radius 3 is 2.35 bits per heavy atom. The Morgan fingerprint density at radius 2 is 1.77 bits per heavy atom. The lowest BCUT2D eigenvalue weighted by Gasteiger charge is -2.29. The van der Waals surface area contributed by atoms with Gasteiger partial charge in [0.1, 0.15) is 0 Å². The fraction of sp³-hybridized carbons (Fsp3) is 0.556. The van der Waals surface area contributed by atoms with Gasteiger partial charge in [0.05, 0.1) is 10.8 Å². The summed E-state index contributed by atoms with van der Waals surface area (Å²) in [5.41, 5.74) is 0.618. The molecule has 2 aliphatic rings. The maximum absolute atomic E-state index is 12.8. The van der Waals surface area contributed by atoms with Crippen molar-refractivity contribution >= 4 is 27.5 Å². The largest absolute Gasteiger partial charge is 0.359 e. The van der Waals surface area contributed by atoms with Gasteiger partial charge >= 0.3 is 0 Å². The normalized spacial score (nSPS) is 22.6. The van der Waals surface area contributed by atoms with Crippen LogP contribution in [0.25, 0.3) is 0 Å². The molecule has 0 saturated carbocycles. The van der Waals surface area contributed by atoms with E-state index in [4.69, 9.17) is 0 Å². The van der Waals surface area contributed by atoms with Gasteiger partial charge in [-0.3, -0.25) is 9.59 Å². The van der Waals surface area contributed by atoms with Crippen LogP contribution >= 0.6 is 0 Å². The van der Waals surface area contributed by atoms with Crippen LogP contribution in [-0.4, -0.2) is 51.2 Å². The zero-order valence-electron chi connectivity index (χ0n) is 15.1. The quantitative estimate of drug-likeness (QED) is 0.852. The highest BCUT2D eigenvalue weighted by atomic mass is 32.2. The molecular formula is C18H25N3O4S. The van der Waals surface area contributed by atoms with E-state index in [1.54, 1.807) is 36.2 Å². The Kier molecular flexibility index (Phi) is 5.34. The molecule has 2 heterocycles. The second-order valence-electron chi connectivity index (χ2n) is 7.10. The van der Waals surface area contributed by atoms with Crippen molar-refractivity contribution in [3.05, 3.63) is 24.3 Å². The molecule has 142 valence electrons. The Labute approximate surface area is 154 Å². The number of anilines is 1. The van der Waals surface area contributed by atoms with Crippen molar-refractivity contribution in [1.29, 1.82) is 0 Å². The minimum atomic E-state index is -3.50. The van der Waals surface area contributed by atoms with Crippen molar-refractivity contribution in [3.8, 4) is 0 Å².